The predicted molar refractivity (Wildman–Crippen MR) is 65.7 cm³/mol. The molecule has 2 unspecified atom stereocenters. The molecule has 1 aromatic rings. The van der Waals surface area contributed by atoms with Gasteiger partial charge in [-0.15, -0.1) is 0 Å². The van der Waals surface area contributed by atoms with Crippen LogP contribution in [0.2, 0.25) is 0 Å². The first-order chi connectivity index (χ1) is 7.15. The highest BCUT2D eigenvalue weighted by Crippen LogP contribution is 2.26. The van der Waals surface area contributed by atoms with E-state index in [-0.39, 0.29) is 0 Å². The van der Waals surface area contributed by atoms with Gasteiger partial charge in [0.1, 0.15) is 0 Å². The van der Waals surface area contributed by atoms with Crippen LogP contribution in [0.4, 0.5) is 0 Å². The molecule has 0 saturated carbocycles. The van der Waals surface area contributed by atoms with Crippen LogP contribution < -0.4 is 0 Å². The lowest BCUT2D eigenvalue weighted by Gasteiger charge is -2.26. The summed E-state index contributed by atoms with van der Waals surface area (Å²) in [4.78, 5) is 4.18. The normalized spacial score (nSPS) is 15.3. The van der Waals surface area contributed by atoms with Crippen LogP contribution in [0.3, 0.4) is 0 Å². The van der Waals surface area contributed by atoms with E-state index in [1.165, 1.54) is 18.4 Å². The summed E-state index contributed by atoms with van der Waals surface area (Å²) in [5.74, 6) is 2.32. The molecule has 0 aliphatic carbocycles. The van der Waals surface area contributed by atoms with Gasteiger partial charge in [0.15, 0.2) is 0 Å². The zero-order chi connectivity index (χ0) is 11.3. The molecule has 0 aromatic carbocycles. The molecule has 0 fully saturated rings. The molecular formula is C14H23N. The van der Waals surface area contributed by atoms with Gasteiger partial charge in [-0.05, 0) is 35.8 Å². The minimum absolute atomic E-state index is 0.750. The molecule has 2 atom stereocenters. The lowest BCUT2D eigenvalue weighted by molar-refractivity contribution is 0.262. The second-order valence-corrected chi connectivity index (χ2v) is 4.86. The summed E-state index contributed by atoms with van der Waals surface area (Å²) >= 11 is 0. The van der Waals surface area contributed by atoms with Gasteiger partial charge in [0.2, 0.25) is 0 Å². The Morgan fingerprint density at radius 1 is 1.27 bits per heavy atom. The van der Waals surface area contributed by atoms with E-state index < -0.39 is 0 Å². The molecule has 1 nitrogen and oxygen atoms in total. The average molecular weight is 205 g/mol. The number of hydrogen-bond donors (Lipinski definition) is 0. The zero-order valence-corrected chi connectivity index (χ0v) is 10.4. The molecule has 0 radical (unpaired) electrons. The smallest absolute Gasteiger partial charge is 0.0299 e. The number of nitrogens with zero attached hydrogens (tertiary/aromatic N) is 1. The second-order valence-electron chi connectivity index (χ2n) is 4.86. The molecule has 1 heterocycles. The minimum atomic E-state index is 0.750. The SMILES string of the molecule is CCC(C)C(Cc1cccnc1)C(C)C. The largest absolute Gasteiger partial charge is 0.264 e. The Kier molecular flexibility index (Phi) is 4.80. The van der Waals surface area contributed by atoms with Crippen LogP contribution in [0, 0.1) is 17.8 Å². The summed E-state index contributed by atoms with van der Waals surface area (Å²) in [5, 5.41) is 0. The van der Waals surface area contributed by atoms with Gasteiger partial charge in [0.05, 0.1) is 0 Å². The highest BCUT2D eigenvalue weighted by atomic mass is 14.6. The molecule has 0 bridgehead atoms. The standard InChI is InChI=1S/C14H23N/c1-5-12(4)14(11(2)3)9-13-7-6-8-15-10-13/h6-8,10-12,14H,5,9H2,1-4H3. The van der Waals surface area contributed by atoms with Crippen molar-refractivity contribution in [2.75, 3.05) is 0 Å². The topological polar surface area (TPSA) is 12.9 Å². The van der Waals surface area contributed by atoms with Crippen LogP contribution in [0.1, 0.15) is 39.7 Å². The van der Waals surface area contributed by atoms with Crippen molar-refractivity contribution in [3.8, 4) is 0 Å². The molecule has 0 spiro atoms. The molecule has 1 rings (SSSR count). The number of pyridine rings is 1. The maximum atomic E-state index is 4.18. The van der Waals surface area contributed by atoms with Crippen LogP contribution >= 0.6 is 0 Å². The van der Waals surface area contributed by atoms with Crippen molar-refractivity contribution >= 4 is 0 Å². The molecule has 15 heavy (non-hydrogen) atoms. The van der Waals surface area contributed by atoms with E-state index in [0.29, 0.717) is 0 Å². The van der Waals surface area contributed by atoms with Crippen LogP contribution in [0.15, 0.2) is 24.5 Å². The molecule has 0 aliphatic heterocycles. The van der Waals surface area contributed by atoms with Gasteiger partial charge in [-0.3, -0.25) is 4.98 Å². The lowest BCUT2D eigenvalue weighted by Crippen LogP contribution is -2.20. The van der Waals surface area contributed by atoms with Crippen molar-refractivity contribution in [2.45, 2.75) is 40.5 Å². The van der Waals surface area contributed by atoms with E-state index in [1.54, 1.807) is 0 Å². The predicted octanol–water partition coefficient (Wildman–Crippen LogP) is 3.94. The fourth-order valence-electron chi connectivity index (χ4n) is 2.19. The highest BCUT2D eigenvalue weighted by Gasteiger charge is 2.19. The molecular weight excluding hydrogens is 182 g/mol. The monoisotopic (exact) mass is 205 g/mol. The van der Waals surface area contributed by atoms with E-state index >= 15 is 0 Å². The molecule has 0 saturated heterocycles. The van der Waals surface area contributed by atoms with E-state index in [4.69, 9.17) is 0 Å². The van der Waals surface area contributed by atoms with E-state index in [9.17, 15) is 0 Å². The fraction of sp³-hybridized carbons (Fsp3) is 0.643. The maximum absolute atomic E-state index is 4.18. The average Bonchev–Trinajstić information content (AvgIpc) is 2.26. The first kappa shape index (κ1) is 12.2. The Labute approximate surface area is 93.9 Å². The van der Waals surface area contributed by atoms with Crippen molar-refractivity contribution in [3.63, 3.8) is 0 Å². The highest BCUT2D eigenvalue weighted by molar-refractivity contribution is 5.09. The molecule has 84 valence electrons. The first-order valence-electron chi connectivity index (χ1n) is 6.04. The van der Waals surface area contributed by atoms with E-state index in [1.807, 2.05) is 18.5 Å². The van der Waals surface area contributed by atoms with Gasteiger partial charge in [0.25, 0.3) is 0 Å². The van der Waals surface area contributed by atoms with Crippen LogP contribution in [0.25, 0.3) is 0 Å². The fourth-order valence-corrected chi connectivity index (χ4v) is 2.19. The van der Waals surface area contributed by atoms with Gasteiger partial charge < -0.3 is 0 Å². The third-order valence-electron chi connectivity index (χ3n) is 3.43. The number of aromatic nitrogens is 1. The number of rotatable bonds is 5. The summed E-state index contributed by atoms with van der Waals surface area (Å²) in [6.45, 7) is 9.30. The summed E-state index contributed by atoms with van der Waals surface area (Å²) < 4.78 is 0. The Morgan fingerprint density at radius 3 is 2.47 bits per heavy atom. The third kappa shape index (κ3) is 3.65. The van der Waals surface area contributed by atoms with Gasteiger partial charge in [-0.1, -0.05) is 40.2 Å². The summed E-state index contributed by atoms with van der Waals surface area (Å²) in [6.07, 6.45) is 6.28. The van der Waals surface area contributed by atoms with Crippen LogP contribution in [0.5, 0.6) is 0 Å². The first-order valence-corrected chi connectivity index (χ1v) is 6.04. The molecule has 0 amide bonds. The molecule has 0 aliphatic rings. The van der Waals surface area contributed by atoms with Gasteiger partial charge in [0, 0.05) is 12.4 Å². The second kappa shape index (κ2) is 5.89. The minimum Gasteiger partial charge on any atom is -0.264 e. The van der Waals surface area contributed by atoms with Crippen LogP contribution in [-0.2, 0) is 6.42 Å². The number of hydrogen-bond acceptors (Lipinski definition) is 1. The van der Waals surface area contributed by atoms with Gasteiger partial charge in [-0.25, -0.2) is 0 Å². The summed E-state index contributed by atoms with van der Waals surface area (Å²) in [6, 6.07) is 4.22. The summed E-state index contributed by atoms with van der Waals surface area (Å²) in [5.41, 5.74) is 1.37. The molecule has 1 aromatic heterocycles. The van der Waals surface area contributed by atoms with E-state index in [2.05, 4.69) is 38.7 Å². The van der Waals surface area contributed by atoms with Crippen LogP contribution in [-0.4, -0.2) is 4.98 Å². The van der Waals surface area contributed by atoms with Gasteiger partial charge >= 0.3 is 0 Å². The Bertz CT molecular complexity index is 266. The molecule has 1 heteroatoms. The van der Waals surface area contributed by atoms with Crippen molar-refractivity contribution in [2.24, 2.45) is 17.8 Å². The zero-order valence-electron chi connectivity index (χ0n) is 10.4. The Hall–Kier alpha value is -0.850. The Balaban J connectivity index is 2.67. The van der Waals surface area contributed by atoms with Gasteiger partial charge in [-0.2, -0.15) is 0 Å². The van der Waals surface area contributed by atoms with Crippen molar-refractivity contribution in [1.29, 1.82) is 0 Å². The van der Waals surface area contributed by atoms with Crippen molar-refractivity contribution in [3.05, 3.63) is 30.1 Å². The molecule has 0 N–H and O–H groups in total. The quantitative estimate of drug-likeness (QED) is 0.709. The third-order valence-corrected chi connectivity index (χ3v) is 3.43. The Morgan fingerprint density at radius 2 is 2.00 bits per heavy atom. The van der Waals surface area contributed by atoms with E-state index in [0.717, 1.165) is 17.8 Å². The van der Waals surface area contributed by atoms with Crippen molar-refractivity contribution < 1.29 is 0 Å². The van der Waals surface area contributed by atoms with Crippen molar-refractivity contribution in [1.82, 2.24) is 4.98 Å². The maximum Gasteiger partial charge on any atom is 0.0299 e. The summed E-state index contributed by atoms with van der Waals surface area (Å²) in [7, 11) is 0. The lowest BCUT2D eigenvalue weighted by atomic mass is 9.79.